The highest BCUT2D eigenvalue weighted by Gasteiger charge is 2.46. The van der Waals surface area contributed by atoms with E-state index in [0.717, 1.165) is 12.1 Å². The van der Waals surface area contributed by atoms with Crippen LogP contribution in [-0.2, 0) is 20.4 Å². The molecular weight excluding hydrogens is 540 g/mol. The van der Waals surface area contributed by atoms with Gasteiger partial charge in [0.2, 0.25) is 10.0 Å². The van der Waals surface area contributed by atoms with E-state index in [9.17, 15) is 23.3 Å². The molecule has 8 nitrogen and oxygen atoms in total. The Morgan fingerprint density at radius 1 is 1.03 bits per heavy atom. The van der Waals surface area contributed by atoms with Gasteiger partial charge in [-0.25, -0.2) is 8.42 Å². The van der Waals surface area contributed by atoms with Crippen LogP contribution >= 0.6 is 15.9 Å². The Balaban J connectivity index is 2.28. The fraction of sp³-hybridized carbons (Fsp3) is 0.261. The summed E-state index contributed by atoms with van der Waals surface area (Å²) in [5, 5.41) is 11.6. The number of ketones is 1. The third kappa shape index (κ3) is 4.65. The van der Waals surface area contributed by atoms with Crippen LogP contribution in [0.1, 0.15) is 5.56 Å². The second kappa shape index (κ2) is 9.21. The highest BCUT2D eigenvalue weighted by Crippen LogP contribution is 2.43. The molecule has 0 radical (unpaired) electrons. The Labute approximate surface area is 208 Å². The van der Waals surface area contributed by atoms with E-state index >= 15 is 0 Å². The van der Waals surface area contributed by atoms with Crippen molar-refractivity contribution < 1.29 is 22.9 Å². The third-order valence-electron chi connectivity index (χ3n) is 5.76. The molecule has 0 fully saturated rings. The molecule has 0 amide bonds. The van der Waals surface area contributed by atoms with Gasteiger partial charge in [-0.05, 0) is 57.0 Å². The number of nitro benzene ring substituents is 1. The molecule has 1 atom stereocenters. The lowest BCUT2D eigenvalue weighted by molar-refractivity contribution is -0.384. The molecule has 1 unspecified atom stereocenters. The zero-order valence-electron chi connectivity index (χ0n) is 19.4. The molecule has 0 aromatic heterocycles. The normalized spacial score (nSPS) is 19.0. The molecule has 0 N–H and O–H groups in total. The van der Waals surface area contributed by atoms with E-state index in [1.807, 2.05) is 19.6 Å². The number of Topliss-reactive ketones (excluding diaryl/α,β-unsaturated/α-hetero) is 1. The number of allylic oxidation sites excluding steroid dienone is 2. The number of hydrogen-bond acceptors (Lipinski definition) is 6. The first-order valence-corrected chi connectivity index (χ1v) is 16.0. The second-order valence-corrected chi connectivity index (χ2v) is 16.8. The number of sulfonamides is 1. The number of likely N-dealkylation sites (N-methyl/N-ethyl adjacent to an activating group) is 1. The Morgan fingerprint density at radius 2 is 1.59 bits per heavy atom. The summed E-state index contributed by atoms with van der Waals surface area (Å²) in [4.78, 5) is 23.4. The first-order valence-electron chi connectivity index (χ1n) is 10.3. The molecule has 0 saturated carbocycles. The molecule has 0 heterocycles. The molecule has 180 valence electrons. The van der Waals surface area contributed by atoms with E-state index < -0.39 is 28.6 Å². The highest BCUT2D eigenvalue weighted by molar-refractivity contribution is 9.12. The van der Waals surface area contributed by atoms with Crippen molar-refractivity contribution in [2.45, 2.75) is 30.1 Å². The van der Waals surface area contributed by atoms with E-state index in [1.54, 1.807) is 36.4 Å². The zero-order chi connectivity index (χ0) is 25.5. The van der Waals surface area contributed by atoms with Gasteiger partial charge < -0.3 is 4.74 Å². The summed E-state index contributed by atoms with van der Waals surface area (Å²) in [7, 11) is -3.35. The first kappa shape index (κ1) is 26.0. The number of nitro groups is 1. The lowest BCUT2D eigenvalue weighted by Crippen LogP contribution is -2.48. The Hall–Kier alpha value is -2.60. The van der Waals surface area contributed by atoms with Gasteiger partial charge in [-0.15, -0.1) is 0 Å². The molecule has 34 heavy (non-hydrogen) atoms. The van der Waals surface area contributed by atoms with Crippen molar-refractivity contribution in [3.8, 4) is 5.75 Å². The maximum Gasteiger partial charge on any atom is 0.269 e. The zero-order valence-corrected chi connectivity index (χ0v) is 22.8. The molecule has 3 rings (SSSR count). The summed E-state index contributed by atoms with van der Waals surface area (Å²) in [6.07, 6.45) is 3.32. The van der Waals surface area contributed by atoms with E-state index in [0.29, 0.717) is 16.5 Å². The molecule has 0 aliphatic heterocycles. The Kier molecular flexibility index (Phi) is 7.05. The van der Waals surface area contributed by atoms with Crippen LogP contribution in [0, 0.1) is 10.1 Å². The largest absolute Gasteiger partial charge is 0.497 e. The fourth-order valence-electron chi connectivity index (χ4n) is 3.76. The minimum Gasteiger partial charge on any atom is -0.497 e. The molecule has 1 aliphatic rings. The van der Waals surface area contributed by atoms with E-state index in [2.05, 4.69) is 15.9 Å². The summed E-state index contributed by atoms with van der Waals surface area (Å²) in [5.74, 6) is 0.438. The van der Waals surface area contributed by atoms with Gasteiger partial charge in [-0.1, -0.05) is 37.8 Å². The van der Waals surface area contributed by atoms with Gasteiger partial charge in [0.05, 0.1) is 35.0 Å². The SMILES string of the molecule is COc1ccc(C2(N(C)S(=O)(=O)c3ccc([N+](=O)[O-])cc3)C=C(Br)C(=O)C([Si](C)(C)C)=C2)cc1. The van der Waals surface area contributed by atoms with Crippen molar-refractivity contribution in [3.05, 3.63) is 86.0 Å². The van der Waals surface area contributed by atoms with Crippen molar-refractivity contribution >= 4 is 45.5 Å². The van der Waals surface area contributed by atoms with Crippen LogP contribution in [-0.4, -0.2) is 45.7 Å². The lowest BCUT2D eigenvalue weighted by atomic mass is 9.85. The van der Waals surface area contributed by atoms with Crippen LogP contribution in [0.15, 0.2) is 75.3 Å². The molecule has 2 aromatic carbocycles. The van der Waals surface area contributed by atoms with Crippen molar-refractivity contribution in [2.24, 2.45) is 0 Å². The first-order chi connectivity index (χ1) is 15.7. The molecule has 0 saturated heterocycles. The minimum absolute atomic E-state index is 0.0992. The smallest absolute Gasteiger partial charge is 0.269 e. The van der Waals surface area contributed by atoms with E-state index in [4.69, 9.17) is 4.74 Å². The topological polar surface area (TPSA) is 107 Å². The van der Waals surface area contributed by atoms with Gasteiger partial charge in [-0.2, -0.15) is 4.31 Å². The van der Waals surface area contributed by atoms with Gasteiger partial charge in [0.15, 0.2) is 5.78 Å². The second-order valence-electron chi connectivity index (χ2n) is 8.91. The third-order valence-corrected chi connectivity index (χ3v) is 10.2. The predicted molar refractivity (Wildman–Crippen MR) is 136 cm³/mol. The molecule has 2 aromatic rings. The molecule has 1 aliphatic carbocycles. The number of carbonyl (C=O) groups is 1. The van der Waals surface area contributed by atoms with Crippen LogP contribution in [0.25, 0.3) is 0 Å². The van der Waals surface area contributed by atoms with Crippen molar-refractivity contribution in [3.63, 3.8) is 0 Å². The summed E-state index contributed by atoms with van der Waals surface area (Å²) in [5.41, 5.74) is -0.922. The van der Waals surface area contributed by atoms with Crippen molar-refractivity contribution in [1.82, 2.24) is 4.31 Å². The molecule has 0 spiro atoms. The van der Waals surface area contributed by atoms with Crippen LogP contribution in [0.5, 0.6) is 5.75 Å². The lowest BCUT2D eigenvalue weighted by Gasteiger charge is -2.41. The fourth-order valence-corrected chi connectivity index (χ4v) is 7.38. The maximum atomic E-state index is 13.7. The monoisotopic (exact) mass is 564 g/mol. The van der Waals surface area contributed by atoms with Crippen LogP contribution in [0.2, 0.25) is 19.6 Å². The van der Waals surface area contributed by atoms with Crippen LogP contribution in [0.3, 0.4) is 0 Å². The van der Waals surface area contributed by atoms with Gasteiger partial charge >= 0.3 is 0 Å². The van der Waals surface area contributed by atoms with Crippen LogP contribution in [0.4, 0.5) is 5.69 Å². The van der Waals surface area contributed by atoms with Gasteiger partial charge in [0.25, 0.3) is 5.69 Å². The number of methoxy groups -OCH3 is 1. The number of non-ortho nitro benzene ring substituents is 1. The number of ether oxygens (including phenoxy) is 1. The van der Waals surface area contributed by atoms with Crippen LogP contribution < -0.4 is 4.74 Å². The average Bonchev–Trinajstić information content (AvgIpc) is 2.79. The maximum absolute atomic E-state index is 13.7. The number of nitrogens with zero attached hydrogens (tertiary/aromatic N) is 2. The molecular formula is C23H25BrN2O6SSi. The average molecular weight is 566 g/mol. The minimum atomic E-state index is -4.14. The van der Waals surface area contributed by atoms with E-state index in [-0.39, 0.29) is 20.8 Å². The summed E-state index contributed by atoms with van der Waals surface area (Å²) in [6.45, 7) is 6.06. The number of rotatable bonds is 7. The highest BCUT2D eigenvalue weighted by atomic mass is 79.9. The standard InChI is InChI=1S/C23H25BrN2O6SSi/c1-25(33(30,31)19-12-8-17(9-13-19)26(28)29)23(16-6-10-18(32-2)11-7-16)14-20(24)22(27)21(15-23)34(3,4)5/h6-15H,1-5H3. The Morgan fingerprint density at radius 3 is 2.06 bits per heavy atom. The van der Waals surface area contributed by atoms with Crippen molar-refractivity contribution in [1.29, 1.82) is 0 Å². The number of hydrogen-bond donors (Lipinski definition) is 0. The number of halogens is 1. The Bertz CT molecular complexity index is 1300. The summed E-state index contributed by atoms with van der Waals surface area (Å²) < 4.78 is 34.2. The van der Waals surface area contributed by atoms with Gasteiger partial charge in [0, 0.05) is 19.2 Å². The number of carbonyl (C=O) groups excluding carboxylic acids is 1. The quantitative estimate of drug-likeness (QED) is 0.272. The van der Waals surface area contributed by atoms with Crippen molar-refractivity contribution in [2.75, 3.05) is 14.2 Å². The summed E-state index contributed by atoms with van der Waals surface area (Å²) in [6, 6.07) is 11.7. The van der Waals surface area contributed by atoms with E-state index in [1.165, 1.54) is 30.6 Å². The predicted octanol–water partition coefficient (Wildman–Crippen LogP) is 4.78. The number of benzene rings is 2. The van der Waals surface area contributed by atoms with Gasteiger partial charge in [-0.3, -0.25) is 14.9 Å². The molecule has 0 bridgehead atoms. The molecule has 11 heteroatoms. The van der Waals surface area contributed by atoms with Gasteiger partial charge in [0.1, 0.15) is 5.75 Å². The summed E-state index contributed by atoms with van der Waals surface area (Å²) >= 11 is 3.38.